The Hall–Kier alpha value is -2.83. The van der Waals surface area contributed by atoms with E-state index in [4.69, 9.17) is 4.42 Å². The second-order valence-corrected chi connectivity index (χ2v) is 6.83. The first kappa shape index (κ1) is 15.7. The van der Waals surface area contributed by atoms with Gasteiger partial charge in [-0.3, -0.25) is 14.4 Å². The Morgan fingerprint density at radius 1 is 1.32 bits per heavy atom. The van der Waals surface area contributed by atoms with Gasteiger partial charge in [0, 0.05) is 13.1 Å². The number of H-pyrrole nitrogens is 1. The Kier molecular flexibility index (Phi) is 3.52. The Balaban J connectivity index is 1.60. The molecule has 2 fully saturated rings. The number of rotatable bonds is 3. The molecular formula is C18H18N2O5. The van der Waals surface area contributed by atoms with Crippen molar-refractivity contribution in [1.29, 1.82) is 0 Å². The van der Waals surface area contributed by atoms with Crippen LogP contribution in [0.25, 0.3) is 11.5 Å². The van der Waals surface area contributed by atoms with E-state index in [0.717, 1.165) is 12.8 Å². The number of hydrogen-bond donors (Lipinski definition) is 2. The van der Waals surface area contributed by atoms with Crippen LogP contribution in [0.4, 0.5) is 0 Å². The number of aliphatic carboxylic acids is 1. The maximum Gasteiger partial charge on any atom is 0.311 e. The molecule has 0 bridgehead atoms. The van der Waals surface area contributed by atoms with Crippen molar-refractivity contribution < 1.29 is 19.1 Å². The minimum absolute atomic E-state index is 0.0239. The molecule has 1 saturated carbocycles. The minimum Gasteiger partial charge on any atom is -0.481 e. The van der Waals surface area contributed by atoms with E-state index in [2.05, 4.69) is 4.98 Å². The van der Waals surface area contributed by atoms with Gasteiger partial charge in [-0.1, -0.05) is 6.42 Å². The summed E-state index contributed by atoms with van der Waals surface area (Å²) in [6.07, 6.45) is 3.77. The van der Waals surface area contributed by atoms with Crippen molar-refractivity contribution in [2.75, 3.05) is 13.1 Å². The third kappa shape index (κ3) is 2.38. The molecule has 3 heterocycles. The van der Waals surface area contributed by atoms with Crippen LogP contribution in [0.15, 0.2) is 39.7 Å². The second kappa shape index (κ2) is 5.61. The maximum atomic E-state index is 12.8. The standard InChI is InChI=1S/C18H18N2O5/c21-15-12(5-6-13(19-15)14-4-2-8-25-14)16(22)20-9-11-3-1-7-18(11,10-20)17(23)24/h2,4-6,8,11H,1,3,7,9-10H2,(H,19,21)(H,23,24)/t11-,18+/m0/s1. The van der Waals surface area contributed by atoms with Crippen LogP contribution in [-0.2, 0) is 4.79 Å². The van der Waals surface area contributed by atoms with Crippen molar-refractivity contribution >= 4 is 11.9 Å². The summed E-state index contributed by atoms with van der Waals surface area (Å²) in [5.41, 5.74) is -0.834. The predicted molar refractivity (Wildman–Crippen MR) is 88.1 cm³/mol. The molecule has 2 aromatic rings. The summed E-state index contributed by atoms with van der Waals surface area (Å²) >= 11 is 0. The van der Waals surface area contributed by atoms with Crippen molar-refractivity contribution in [3.63, 3.8) is 0 Å². The largest absolute Gasteiger partial charge is 0.481 e. The third-order valence-corrected chi connectivity index (χ3v) is 5.51. The molecule has 2 atom stereocenters. The Morgan fingerprint density at radius 3 is 2.80 bits per heavy atom. The van der Waals surface area contributed by atoms with Crippen molar-refractivity contribution in [1.82, 2.24) is 9.88 Å². The molecule has 25 heavy (non-hydrogen) atoms. The monoisotopic (exact) mass is 342 g/mol. The van der Waals surface area contributed by atoms with E-state index in [1.165, 1.54) is 17.2 Å². The minimum atomic E-state index is -0.851. The lowest BCUT2D eigenvalue weighted by molar-refractivity contribution is -0.149. The SMILES string of the molecule is O=C(c1ccc(-c2ccco2)[nH]c1=O)N1C[C@@H]2CCC[C@@]2(C(=O)O)C1. The highest BCUT2D eigenvalue weighted by Gasteiger charge is 2.55. The van der Waals surface area contributed by atoms with Gasteiger partial charge in [-0.25, -0.2) is 0 Å². The number of furan rings is 1. The summed E-state index contributed by atoms with van der Waals surface area (Å²) in [5, 5.41) is 9.62. The fraction of sp³-hybridized carbons (Fsp3) is 0.389. The number of carbonyl (C=O) groups is 2. The zero-order valence-electron chi connectivity index (χ0n) is 13.5. The van der Waals surface area contributed by atoms with Crippen LogP contribution in [-0.4, -0.2) is 40.0 Å². The molecule has 0 aromatic carbocycles. The lowest BCUT2D eigenvalue weighted by Crippen LogP contribution is -2.38. The first-order valence-electron chi connectivity index (χ1n) is 8.31. The number of nitrogens with zero attached hydrogens (tertiary/aromatic N) is 1. The average molecular weight is 342 g/mol. The number of pyridine rings is 1. The van der Waals surface area contributed by atoms with E-state index in [0.29, 0.717) is 24.4 Å². The van der Waals surface area contributed by atoms with E-state index in [1.807, 2.05) is 0 Å². The summed E-state index contributed by atoms with van der Waals surface area (Å²) < 4.78 is 5.23. The van der Waals surface area contributed by atoms with Gasteiger partial charge in [-0.15, -0.1) is 0 Å². The predicted octanol–water partition coefficient (Wildman–Crippen LogP) is 1.96. The summed E-state index contributed by atoms with van der Waals surface area (Å²) in [4.78, 5) is 41.0. The van der Waals surface area contributed by atoms with Gasteiger partial charge in [-0.2, -0.15) is 0 Å². The molecule has 2 N–H and O–H groups in total. The van der Waals surface area contributed by atoms with Crippen LogP contribution in [0.5, 0.6) is 0 Å². The van der Waals surface area contributed by atoms with E-state index < -0.39 is 22.9 Å². The fourth-order valence-corrected chi connectivity index (χ4v) is 4.18. The molecule has 7 nitrogen and oxygen atoms in total. The molecule has 0 spiro atoms. The Bertz CT molecular complexity index is 885. The van der Waals surface area contributed by atoms with E-state index in [9.17, 15) is 19.5 Å². The number of hydrogen-bond acceptors (Lipinski definition) is 4. The lowest BCUT2D eigenvalue weighted by Gasteiger charge is -2.23. The first-order chi connectivity index (χ1) is 12.0. The van der Waals surface area contributed by atoms with Gasteiger partial charge in [-0.05, 0) is 43.0 Å². The van der Waals surface area contributed by atoms with Crippen molar-refractivity contribution in [2.24, 2.45) is 11.3 Å². The van der Waals surface area contributed by atoms with Crippen LogP contribution in [0.1, 0.15) is 29.6 Å². The van der Waals surface area contributed by atoms with Gasteiger partial charge in [0.1, 0.15) is 11.3 Å². The quantitative estimate of drug-likeness (QED) is 0.887. The summed E-state index contributed by atoms with van der Waals surface area (Å²) in [6, 6.07) is 6.52. The Labute approximate surface area is 143 Å². The number of carbonyl (C=O) groups excluding carboxylic acids is 1. The highest BCUT2D eigenvalue weighted by atomic mass is 16.4. The Morgan fingerprint density at radius 2 is 2.16 bits per heavy atom. The van der Waals surface area contributed by atoms with Crippen molar-refractivity contribution in [3.05, 3.63) is 46.4 Å². The molecule has 7 heteroatoms. The molecule has 1 aliphatic heterocycles. The lowest BCUT2D eigenvalue weighted by atomic mass is 9.81. The van der Waals surface area contributed by atoms with Gasteiger partial charge in [0.15, 0.2) is 0 Å². The van der Waals surface area contributed by atoms with Crippen LogP contribution in [0.3, 0.4) is 0 Å². The topological polar surface area (TPSA) is 104 Å². The third-order valence-electron chi connectivity index (χ3n) is 5.51. The van der Waals surface area contributed by atoms with Crippen molar-refractivity contribution in [2.45, 2.75) is 19.3 Å². The number of amides is 1. The zero-order chi connectivity index (χ0) is 17.6. The van der Waals surface area contributed by atoms with Crippen LogP contribution >= 0.6 is 0 Å². The number of aromatic amines is 1. The normalized spacial score (nSPS) is 25.1. The molecule has 2 aliphatic rings. The fourth-order valence-electron chi connectivity index (χ4n) is 4.18. The number of aromatic nitrogens is 1. The first-order valence-corrected chi connectivity index (χ1v) is 8.31. The molecule has 1 amide bonds. The summed E-state index contributed by atoms with van der Waals surface area (Å²) in [7, 11) is 0. The van der Waals surface area contributed by atoms with Crippen molar-refractivity contribution in [3.8, 4) is 11.5 Å². The number of fused-ring (bicyclic) bond motifs is 1. The van der Waals surface area contributed by atoms with E-state index in [1.54, 1.807) is 18.2 Å². The maximum absolute atomic E-state index is 12.8. The summed E-state index contributed by atoms with van der Waals surface area (Å²) in [6.45, 7) is 0.565. The van der Waals surface area contributed by atoms with Crippen LogP contribution in [0, 0.1) is 11.3 Å². The van der Waals surface area contributed by atoms with Gasteiger partial charge >= 0.3 is 5.97 Å². The smallest absolute Gasteiger partial charge is 0.311 e. The molecule has 0 radical (unpaired) electrons. The van der Waals surface area contributed by atoms with Gasteiger partial charge in [0.2, 0.25) is 0 Å². The highest BCUT2D eigenvalue weighted by molar-refractivity contribution is 5.95. The van der Waals surface area contributed by atoms with E-state index in [-0.39, 0.29) is 18.0 Å². The number of carboxylic acid groups (broad SMARTS) is 1. The van der Waals surface area contributed by atoms with Crippen LogP contribution < -0.4 is 5.56 Å². The molecule has 2 aromatic heterocycles. The van der Waals surface area contributed by atoms with Gasteiger partial charge < -0.3 is 19.4 Å². The number of carboxylic acids is 1. The molecule has 130 valence electrons. The van der Waals surface area contributed by atoms with Gasteiger partial charge in [0.05, 0.1) is 17.4 Å². The zero-order valence-corrected chi connectivity index (χ0v) is 13.5. The summed E-state index contributed by atoms with van der Waals surface area (Å²) in [5.74, 6) is -0.776. The van der Waals surface area contributed by atoms with Crippen LogP contribution in [0.2, 0.25) is 0 Å². The molecule has 1 aliphatic carbocycles. The number of nitrogens with one attached hydrogen (secondary N) is 1. The highest BCUT2D eigenvalue weighted by Crippen LogP contribution is 2.49. The molecular weight excluding hydrogens is 324 g/mol. The molecule has 0 unspecified atom stereocenters. The number of likely N-dealkylation sites (tertiary alicyclic amines) is 1. The average Bonchev–Trinajstić information content (AvgIpc) is 3.29. The molecule has 1 saturated heterocycles. The molecule has 4 rings (SSSR count). The van der Waals surface area contributed by atoms with E-state index >= 15 is 0 Å². The van der Waals surface area contributed by atoms with Gasteiger partial charge in [0.25, 0.3) is 11.5 Å². The second-order valence-electron chi connectivity index (χ2n) is 6.83.